The van der Waals surface area contributed by atoms with Gasteiger partial charge in [-0.3, -0.25) is 13.6 Å². The van der Waals surface area contributed by atoms with Crippen LogP contribution in [-0.2, 0) is 23.1 Å². The molecule has 0 atom stereocenters. The maximum Gasteiger partial charge on any atom is 1.00 e. The van der Waals surface area contributed by atoms with Crippen LogP contribution >= 0.6 is 7.82 Å². The Kier molecular flexibility index (Phi) is 15.0. The Morgan fingerprint density at radius 3 is 1.69 bits per heavy atom. The number of ether oxygens (including phenoxy) is 2. The third-order valence-electron chi connectivity index (χ3n) is 1.06. The van der Waals surface area contributed by atoms with Crippen LogP contribution in [0.3, 0.4) is 0 Å². The molecule has 0 aromatic carbocycles. The second-order valence-corrected chi connectivity index (χ2v) is 3.62. The van der Waals surface area contributed by atoms with Gasteiger partial charge in [0.15, 0.2) is 13.6 Å². The van der Waals surface area contributed by atoms with Crippen molar-refractivity contribution < 1.29 is 67.8 Å². The van der Waals surface area contributed by atoms with Gasteiger partial charge in [0.05, 0.1) is 26.4 Å². The molecule has 0 aromatic rings. The molecule has 0 fully saturated rings. The first kappa shape index (κ1) is 19.3. The maximum absolute atomic E-state index is 10.9. The van der Waals surface area contributed by atoms with Crippen LogP contribution in [0.15, 0.2) is 0 Å². The zero-order chi connectivity index (χ0) is 11.6. The van der Waals surface area contributed by atoms with Crippen LogP contribution < -0.4 is 34.5 Å². The molecule has 8 nitrogen and oxygen atoms in total. The molecule has 2 N–H and O–H groups in total. The summed E-state index contributed by atoms with van der Waals surface area (Å²) in [4.78, 5) is 10.9. The molecule has 0 aliphatic rings. The summed E-state index contributed by atoms with van der Waals surface area (Å²) >= 11 is 0. The third kappa shape index (κ3) is 13.0. The van der Waals surface area contributed by atoms with E-state index in [4.69, 9.17) is 10.2 Å². The minimum atomic E-state index is -4.44. The van der Waals surface area contributed by atoms with Gasteiger partial charge in [-0.2, -0.15) is 0 Å². The van der Waals surface area contributed by atoms with Crippen LogP contribution in [-0.4, -0.2) is 50.2 Å². The number of hydrogen-bond acceptors (Lipinski definition) is 8. The molecule has 16 heavy (non-hydrogen) atoms. The molecule has 0 spiro atoms. The van der Waals surface area contributed by atoms with Crippen LogP contribution in [0.4, 0.5) is 0 Å². The third-order valence-corrected chi connectivity index (χ3v) is 1.90. The maximum atomic E-state index is 10.9. The van der Waals surface area contributed by atoms with Crippen LogP contribution in [0.1, 0.15) is 0 Å². The Morgan fingerprint density at radius 2 is 1.38 bits per heavy atom. The van der Waals surface area contributed by atoms with Crippen molar-refractivity contribution in [1.82, 2.24) is 0 Å². The zero-order valence-corrected chi connectivity index (χ0v) is 11.9. The Hall–Kier alpha value is 0.950. The average molecular weight is 268 g/mol. The Bertz CT molecular complexity index is 175. The SMILES string of the molecule is O=P([O-])(OCOCCO)OCOCCO.[Na+]. The van der Waals surface area contributed by atoms with Crippen molar-refractivity contribution in [2.45, 2.75) is 0 Å². The first-order valence-corrected chi connectivity index (χ1v) is 5.56. The summed E-state index contributed by atoms with van der Waals surface area (Å²) in [5.41, 5.74) is 0. The van der Waals surface area contributed by atoms with Crippen molar-refractivity contribution in [1.29, 1.82) is 0 Å². The van der Waals surface area contributed by atoms with Crippen molar-refractivity contribution in [3.05, 3.63) is 0 Å². The average Bonchev–Trinajstić information content (AvgIpc) is 2.20. The monoisotopic (exact) mass is 268 g/mol. The summed E-state index contributed by atoms with van der Waals surface area (Å²) < 4.78 is 28.4. The zero-order valence-electron chi connectivity index (χ0n) is 9.03. The number of phosphoric ester groups is 1. The fourth-order valence-electron chi connectivity index (χ4n) is 0.488. The summed E-state index contributed by atoms with van der Waals surface area (Å²) in [5.74, 6) is 0. The molecule has 0 unspecified atom stereocenters. The van der Waals surface area contributed by atoms with Gasteiger partial charge < -0.3 is 24.6 Å². The van der Waals surface area contributed by atoms with Gasteiger partial charge in [-0.25, -0.2) is 0 Å². The first-order chi connectivity index (χ1) is 7.12. The number of aliphatic hydroxyl groups is 2. The molecule has 0 saturated carbocycles. The first-order valence-electron chi connectivity index (χ1n) is 4.09. The van der Waals surface area contributed by atoms with E-state index in [1.165, 1.54) is 0 Å². The molecule has 0 saturated heterocycles. The normalized spacial score (nSPS) is 11.2. The van der Waals surface area contributed by atoms with E-state index in [9.17, 15) is 9.46 Å². The molecule has 0 radical (unpaired) electrons. The molecule has 0 aliphatic carbocycles. The smallest absolute Gasteiger partial charge is 0.756 e. The Morgan fingerprint density at radius 1 is 1.00 bits per heavy atom. The van der Waals surface area contributed by atoms with Crippen molar-refractivity contribution >= 4 is 7.82 Å². The fraction of sp³-hybridized carbons (Fsp3) is 1.00. The van der Waals surface area contributed by atoms with Crippen molar-refractivity contribution in [3.63, 3.8) is 0 Å². The van der Waals surface area contributed by atoms with E-state index in [1.807, 2.05) is 0 Å². The molecule has 0 aliphatic heterocycles. The molecular weight excluding hydrogens is 254 g/mol. The van der Waals surface area contributed by atoms with E-state index < -0.39 is 21.4 Å². The van der Waals surface area contributed by atoms with E-state index in [-0.39, 0.29) is 56.0 Å². The summed E-state index contributed by atoms with van der Waals surface area (Å²) in [6, 6.07) is 0. The molecule has 0 amide bonds. The number of rotatable bonds is 10. The van der Waals surface area contributed by atoms with Gasteiger partial charge in [0.2, 0.25) is 0 Å². The van der Waals surface area contributed by atoms with Gasteiger partial charge in [0, 0.05) is 0 Å². The predicted molar refractivity (Wildman–Crippen MR) is 45.6 cm³/mol. The van der Waals surface area contributed by atoms with Gasteiger partial charge in [-0.1, -0.05) is 0 Å². The van der Waals surface area contributed by atoms with E-state index in [0.717, 1.165) is 0 Å². The van der Waals surface area contributed by atoms with E-state index in [0.29, 0.717) is 0 Å². The van der Waals surface area contributed by atoms with Gasteiger partial charge >= 0.3 is 29.6 Å². The van der Waals surface area contributed by atoms with E-state index in [1.54, 1.807) is 0 Å². The minimum absolute atomic E-state index is 0. The van der Waals surface area contributed by atoms with Crippen molar-refractivity contribution in [2.75, 3.05) is 40.0 Å². The number of aliphatic hydroxyl groups excluding tert-OH is 2. The van der Waals surface area contributed by atoms with Crippen LogP contribution in [0.2, 0.25) is 0 Å². The Balaban J connectivity index is 0. The molecule has 10 heteroatoms. The second-order valence-electron chi connectivity index (χ2n) is 2.20. The molecule has 0 aromatic heterocycles. The molecule has 0 heterocycles. The van der Waals surface area contributed by atoms with Gasteiger partial charge in [-0.15, -0.1) is 0 Å². The number of hydrogen-bond donors (Lipinski definition) is 2. The molecule has 0 rings (SSSR count). The van der Waals surface area contributed by atoms with Crippen LogP contribution in [0, 0.1) is 0 Å². The summed E-state index contributed by atoms with van der Waals surface area (Å²) in [6.07, 6.45) is 0. The van der Waals surface area contributed by atoms with E-state index >= 15 is 0 Å². The van der Waals surface area contributed by atoms with Crippen molar-refractivity contribution in [3.8, 4) is 0 Å². The predicted octanol–water partition coefficient (Wildman–Crippen LogP) is -4.58. The Labute approximate surface area is 115 Å². The summed E-state index contributed by atoms with van der Waals surface area (Å²) in [6.45, 7) is -1.56. The molecule has 92 valence electrons. The van der Waals surface area contributed by atoms with Crippen LogP contribution in [0.25, 0.3) is 0 Å². The van der Waals surface area contributed by atoms with Gasteiger partial charge in [0.25, 0.3) is 7.82 Å². The van der Waals surface area contributed by atoms with Crippen molar-refractivity contribution in [2.24, 2.45) is 0 Å². The topological polar surface area (TPSA) is 118 Å². The quantitative estimate of drug-likeness (QED) is 0.176. The largest absolute Gasteiger partial charge is 1.00 e. The molecular formula is C6H14NaO8P. The standard InChI is InChI=1S/C6H15O8P.Na/c7-1-3-11-5-13-15(9,10)14-6-12-4-2-8;/h7-8H,1-6H2,(H,9,10);/q;+1/p-1. The number of phosphoric acid groups is 1. The fourth-order valence-corrected chi connectivity index (χ4v) is 0.970. The van der Waals surface area contributed by atoms with Crippen LogP contribution in [0.5, 0.6) is 0 Å². The van der Waals surface area contributed by atoms with Gasteiger partial charge in [-0.05, 0) is 0 Å². The molecule has 0 bridgehead atoms. The second kappa shape index (κ2) is 12.4. The summed E-state index contributed by atoms with van der Waals surface area (Å²) in [5, 5.41) is 16.6. The van der Waals surface area contributed by atoms with Gasteiger partial charge in [0.1, 0.15) is 0 Å². The minimum Gasteiger partial charge on any atom is -0.756 e. The summed E-state index contributed by atoms with van der Waals surface area (Å²) in [7, 11) is -4.44. The van der Waals surface area contributed by atoms with E-state index in [2.05, 4.69) is 18.5 Å².